The summed E-state index contributed by atoms with van der Waals surface area (Å²) in [5.41, 5.74) is 1.25. The van der Waals surface area contributed by atoms with Crippen LogP contribution in [0.25, 0.3) is 12.2 Å². The Morgan fingerprint density at radius 1 is 1.36 bits per heavy atom. The summed E-state index contributed by atoms with van der Waals surface area (Å²) in [4.78, 5) is 2.36. The van der Waals surface area contributed by atoms with Gasteiger partial charge in [-0.3, -0.25) is 5.32 Å². The normalized spacial score (nSPS) is 16.1. The molecule has 3 rings (SSSR count). The fourth-order valence-corrected chi connectivity index (χ4v) is 3.09. The third kappa shape index (κ3) is 2.81. The van der Waals surface area contributed by atoms with Gasteiger partial charge >= 0.3 is 0 Å². The molecule has 116 valence electrons. The van der Waals surface area contributed by atoms with Gasteiger partial charge in [0.2, 0.25) is 0 Å². The van der Waals surface area contributed by atoms with Crippen molar-refractivity contribution in [3.63, 3.8) is 0 Å². The molecule has 2 aliphatic heterocycles. The van der Waals surface area contributed by atoms with Crippen LogP contribution in [0.4, 0.5) is 5.69 Å². The third-order valence-corrected chi connectivity index (χ3v) is 4.26. The molecular formula is C19H24N2O. The van der Waals surface area contributed by atoms with Gasteiger partial charge in [0.15, 0.2) is 0 Å². The fraction of sp³-hybridized carbons (Fsp3) is 0.368. The summed E-state index contributed by atoms with van der Waals surface area (Å²) in [7, 11) is 0. The van der Waals surface area contributed by atoms with E-state index in [4.69, 9.17) is 4.74 Å². The number of ether oxygens (including phenoxy) is 1. The predicted octanol–water partition coefficient (Wildman–Crippen LogP) is 2.27. The van der Waals surface area contributed by atoms with E-state index in [9.17, 15) is 0 Å². The molecule has 0 saturated heterocycles. The van der Waals surface area contributed by atoms with Gasteiger partial charge in [0.1, 0.15) is 5.75 Å². The zero-order valence-corrected chi connectivity index (χ0v) is 13.2. The maximum atomic E-state index is 5.58. The molecule has 0 saturated carbocycles. The number of nitrogens with zero attached hydrogens (tertiary/aromatic N) is 1. The van der Waals surface area contributed by atoms with E-state index in [0.29, 0.717) is 0 Å². The van der Waals surface area contributed by atoms with Gasteiger partial charge in [0, 0.05) is 22.7 Å². The van der Waals surface area contributed by atoms with Crippen molar-refractivity contribution in [3.8, 4) is 5.75 Å². The average molecular weight is 296 g/mol. The first-order chi connectivity index (χ1) is 10.8. The molecule has 3 nitrogen and oxygen atoms in total. The lowest BCUT2D eigenvalue weighted by molar-refractivity contribution is 0.474. The molecule has 0 aromatic heterocycles. The number of allylic oxidation sites excluding steroid dienone is 1. The highest BCUT2D eigenvalue weighted by molar-refractivity contribution is 5.65. The van der Waals surface area contributed by atoms with Crippen molar-refractivity contribution in [1.29, 1.82) is 0 Å². The second-order valence-corrected chi connectivity index (χ2v) is 5.72. The summed E-state index contributed by atoms with van der Waals surface area (Å²) in [6.07, 6.45) is 14.0. The van der Waals surface area contributed by atoms with E-state index in [0.717, 1.165) is 18.8 Å². The largest absolute Gasteiger partial charge is 0.464 e. The first-order valence-electron chi connectivity index (χ1n) is 8.14. The number of nitrogens with one attached hydrogen (secondary N) is 1. The monoisotopic (exact) mass is 296 g/mol. The zero-order chi connectivity index (χ0) is 15.4. The number of benzene rings is 1. The first kappa shape index (κ1) is 14.9. The predicted molar refractivity (Wildman–Crippen MR) is 93.2 cm³/mol. The number of hydrogen-bond acceptors (Lipinski definition) is 3. The Labute approximate surface area is 132 Å². The van der Waals surface area contributed by atoms with Crippen molar-refractivity contribution in [2.24, 2.45) is 0 Å². The smallest absolute Gasteiger partial charge is 0.134 e. The summed E-state index contributed by atoms with van der Waals surface area (Å²) in [6, 6.07) is 4.20. The molecule has 1 atom stereocenters. The quantitative estimate of drug-likeness (QED) is 0.617. The van der Waals surface area contributed by atoms with E-state index < -0.39 is 0 Å². The van der Waals surface area contributed by atoms with Gasteiger partial charge < -0.3 is 9.64 Å². The average Bonchev–Trinajstić information content (AvgIpc) is 2.99. The lowest BCUT2D eigenvalue weighted by Gasteiger charge is -2.29. The van der Waals surface area contributed by atoms with Crippen LogP contribution in [0.2, 0.25) is 0 Å². The van der Waals surface area contributed by atoms with Crippen molar-refractivity contribution in [2.45, 2.75) is 32.4 Å². The molecular weight excluding hydrogens is 272 g/mol. The Hall–Kier alpha value is -2.00. The van der Waals surface area contributed by atoms with Crippen LogP contribution in [0.5, 0.6) is 5.75 Å². The molecule has 3 heteroatoms. The van der Waals surface area contributed by atoms with E-state index >= 15 is 0 Å². The van der Waals surface area contributed by atoms with Crippen LogP contribution in [0.15, 0.2) is 37.1 Å². The second kappa shape index (κ2) is 6.84. The van der Waals surface area contributed by atoms with E-state index in [-0.39, 0.29) is 6.17 Å². The van der Waals surface area contributed by atoms with Gasteiger partial charge in [-0.05, 0) is 37.3 Å². The molecule has 1 N–H and O–H groups in total. The molecule has 0 fully saturated rings. The van der Waals surface area contributed by atoms with Gasteiger partial charge in [-0.1, -0.05) is 38.5 Å². The van der Waals surface area contributed by atoms with E-state index in [1.165, 1.54) is 35.4 Å². The van der Waals surface area contributed by atoms with Gasteiger partial charge in [-0.25, -0.2) is 0 Å². The highest BCUT2D eigenvalue weighted by atomic mass is 16.5. The number of fused-ring (bicyclic) bond motifs is 3. The van der Waals surface area contributed by atoms with Crippen molar-refractivity contribution in [2.75, 3.05) is 18.0 Å². The molecule has 2 aliphatic rings. The third-order valence-electron chi connectivity index (χ3n) is 4.26. The van der Waals surface area contributed by atoms with Crippen molar-refractivity contribution in [3.05, 3.63) is 47.6 Å². The van der Waals surface area contributed by atoms with Crippen molar-refractivity contribution < 1.29 is 4.74 Å². The molecule has 0 bridgehead atoms. The Balaban J connectivity index is 1.81. The zero-order valence-electron chi connectivity index (χ0n) is 13.2. The number of rotatable bonds is 7. The highest BCUT2D eigenvalue weighted by Gasteiger charge is 2.21. The number of unbranched alkanes of at least 4 members (excludes halogenated alkanes) is 2. The van der Waals surface area contributed by atoms with Crippen LogP contribution in [-0.2, 0) is 0 Å². The first-order valence-corrected chi connectivity index (χ1v) is 8.14. The molecule has 0 aliphatic carbocycles. The molecule has 0 spiro atoms. The second-order valence-electron chi connectivity index (χ2n) is 5.72. The molecule has 1 aromatic carbocycles. The minimum Gasteiger partial charge on any atom is -0.464 e. The summed E-state index contributed by atoms with van der Waals surface area (Å²) in [6.45, 7) is 8.16. The molecule has 1 aromatic rings. The lowest BCUT2D eigenvalue weighted by Crippen LogP contribution is -2.45. The molecule has 0 amide bonds. The van der Waals surface area contributed by atoms with Gasteiger partial charge in [0.25, 0.3) is 0 Å². The number of hydrogen-bond donors (Lipinski definition) is 1. The van der Waals surface area contributed by atoms with Crippen molar-refractivity contribution in [1.82, 2.24) is 5.32 Å². The topological polar surface area (TPSA) is 24.5 Å². The summed E-state index contributed by atoms with van der Waals surface area (Å²) >= 11 is 0. The van der Waals surface area contributed by atoms with Crippen LogP contribution in [0.1, 0.15) is 26.2 Å². The summed E-state index contributed by atoms with van der Waals surface area (Å²) < 4.78 is 5.58. The maximum Gasteiger partial charge on any atom is 0.134 e. The minimum absolute atomic E-state index is 0.174. The Kier molecular flexibility index (Phi) is 4.64. The molecule has 1 unspecified atom stereocenters. The minimum atomic E-state index is 0.174. The van der Waals surface area contributed by atoms with Crippen LogP contribution in [-0.4, -0.2) is 19.3 Å². The Bertz CT molecular complexity index is 690. The van der Waals surface area contributed by atoms with E-state index in [1.54, 1.807) is 6.26 Å². The van der Waals surface area contributed by atoms with Crippen LogP contribution in [0.3, 0.4) is 0 Å². The molecule has 0 radical (unpaired) electrons. The molecule has 22 heavy (non-hydrogen) atoms. The highest BCUT2D eigenvalue weighted by Crippen LogP contribution is 2.18. The SMILES string of the molecule is C=CC(NCCCCC)N1CC=c2c1ccc1c2=CC=CO1. The Morgan fingerprint density at radius 2 is 2.27 bits per heavy atom. The maximum absolute atomic E-state index is 5.58. The van der Waals surface area contributed by atoms with Gasteiger partial charge in [-0.2, -0.15) is 0 Å². The van der Waals surface area contributed by atoms with Crippen molar-refractivity contribution >= 4 is 17.8 Å². The van der Waals surface area contributed by atoms with Crippen LogP contribution in [0, 0.1) is 0 Å². The van der Waals surface area contributed by atoms with Gasteiger partial charge in [-0.15, -0.1) is 0 Å². The molecule has 2 heterocycles. The Morgan fingerprint density at radius 3 is 3.09 bits per heavy atom. The number of anilines is 1. The summed E-state index contributed by atoms with van der Waals surface area (Å²) in [5, 5.41) is 6.04. The van der Waals surface area contributed by atoms with Crippen LogP contribution >= 0.6 is 0 Å². The van der Waals surface area contributed by atoms with E-state index in [2.05, 4.69) is 48.0 Å². The standard InChI is InChI=1S/C19H24N2O/c1-3-5-6-12-20-19(4-2)21-13-11-15-16-8-7-14-22-18(16)10-9-17(15)21/h4,7-11,14,19-20H,2-3,5-6,12-13H2,1H3. The van der Waals surface area contributed by atoms with Crippen LogP contribution < -0.4 is 25.4 Å². The lowest BCUT2D eigenvalue weighted by atomic mass is 10.1. The van der Waals surface area contributed by atoms with Gasteiger partial charge in [0.05, 0.1) is 12.4 Å². The van der Waals surface area contributed by atoms with E-state index in [1.807, 2.05) is 12.2 Å². The fourth-order valence-electron chi connectivity index (χ4n) is 3.09. The summed E-state index contributed by atoms with van der Waals surface area (Å²) in [5.74, 6) is 0.936.